The largest absolute Gasteiger partial charge is 0.387 e. The van der Waals surface area contributed by atoms with E-state index in [2.05, 4.69) is 10.4 Å². The first kappa shape index (κ1) is 19.1. The van der Waals surface area contributed by atoms with Crippen LogP contribution in [0.5, 0.6) is 0 Å². The van der Waals surface area contributed by atoms with Crippen LogP contribution in [-0.2, 0) is 11.8 Å². The first-order chi connectivity index (χ1) is 11.8. The molecule has 1 amide bonds. The maximum absolute atomic E-state index is 12.4. The molecule has 136 valence electrons. The highest BCUT2D eigenvalue weighted by Crippen LogP contribution is 2.19. The molecule has 0 aliphatic rings. The molecule has 0 radical (unpaired) electrons. The number of aromatic nitrogens is 2. The van der Waals surface area contributed by atoms with Crippen molar-refractivity contribution in [3.63, 3.8) is 0 Å². The van der Waals surface area contributed by atoms with Crippen LogP contribution in [0.25, 0.3) is 0 Å². The SMILES string of the molecule is CCN(CC(=O)Nc1c(C)nn(C)c1C)C[C@H](O)c1ccc(C)cc1. The zero-order chi connectivity index (χ0) is 18.6. The number of rotatable bonds is 7. The summed E-state index contributed by atoms with van der Waals surface area (Å²) in [7, 11) is 1.86. The molecule has 0 aliphatic carbocycles. The van der Waals surface area contributed by atoms with E-state index in [1.165, 1.54) is 0 Å². The highest BCUT2D eigenvalue weighted by molar-refractivity contribution is 5.93. The molecule has 0 saturated carbocycles. The number of carbonyl (C=O) groups excluding carboxylic acids is 1. The van der Waals surface area contributed by atoms with Crippen LogP contribution in [0.3, 0.4) is 0 Å². The molecule has 0 spiro atoms. The first-order valence-electron chi connectivity index (χ1n) is 8.58. The van der Waals surface area contributed by atoms with Crippen LogP contribution in [0.15, 0.2) is 24.3 Å². The Labute approximate surface area is 149 Å². The van der Waals surface area contributed by atoms with Crippen LogP contribution in [0, 0.1) is 20.8 Å². The smallest absolute Gasteiger partial charge is 0.238 e. The first-order valence-corrected chi connectivity index (χ1v) is 8.58. The van der Waals surface area contributed by atoms with Gasteiger partial charge in [-0.1, -0.05) is 36.8 Å². The highest BCUT2D eigenvalue weighted by atomic mass is 16.3. The van der Waals surface area contributed by atoms with E-state index in [-0.39, 0.29) is 12.5 Å². The second-order valence-corrected chi connectivity index (χ2v) is 6.47. The van der Waals surface area contributed by atoms with Gasteiger partial charge >= 0.3 is 0 Å². The van der Waals surface area contributed by atoms with Crippen LogP contribution in [0.2, 0.25) is 0 Å². The van der Waals surface area contributed by atoms with Crippen LogP contribution < -0.4 is 5.32 Å². The molecule has 1 aromatic heterocycles. The van der Waals surface area contributed by atoms with E-state index in [1.807, 2.05) is 63.9 Å². The van der Waals surface area contributed by atoms with Gasteiger partial charge in [0.15, 0.2) is 0 Å². The third-order valence-electron chi connectivity index (χ3n) is 4.48. The number of aliphatic hydroxyl groups is 1. The van der Waals surface area contributed by atoms with Crippen molar-refractivity contribution >= 4 is 11.6 Å². The summed E-state index contributed by atoms with van der Waals surface area (Å²) in [5.41, 5.74) is 4.51. The normalized spacial score (nSPS) is 12.4. The Kier molecular flexibility index (Phi) is 6.33. The number of nitrogens with one attached hydrogen (secondary N) is 1. The van der Waals surface area contributed by atoms with Crippen molar-refractivity contribution in [1.29, 1.82) is 0 Å². The summed E-state index contributed by atoms with van der Waals surface area (Å²) in [6, 6.07) is 7.82. The molecule has 0 fully saturated rings. The molecule has 2 rings (SSSR count). The molecular weight excluding hydrogens is 316 g/mol. The Morgan fingerprint density at radius 3 is 2.44 bits per heavy atom. The average molecular weight is 344 g/mol. The monoisotopic (exact) mass is 344 g/mol. The molecule has 6 heteroatoms. The maximum Gasteiger partial charge on any atom is 0.238 e. The number of amides is 1. The zero-order valence-electron chi connectivity index (χ0n) is 15.7. The molecule has 1 atom stereocenters. The number of benzene rings is 1. The number of nitrogens with zero attached hydrogens (tertiary/aromatic N) is 3. The van der Waals surface area contributed by atoms with Crippen LogP contribution in [0.1, 0.15) is 35.5 Å². The van der Waals surface area contributed by atoms with Crippen molar-refractivity contribution in [3.8, 4) is 0 Å². The Morgan fingerprint density at radius 1 is 1.28 bits per heavy atom. The van der Waals surface area contributed by atoms with E-state index < -0.39 is 6.10 Å². The molecule has 0 unspecified atom stereocenters. The summed E-state index contributed by atoms with van der Waals surface area (Å²) in [6.07, 6.45) is -0.616. The fraction of sp³-hybridized carbons (Fsp3) is 0.474. The van der Waals surface area contributed by atoms with E-state index in [0.29, 0.717) is 13.1 Å². The molecule has 0 bridgehead atoms. The van der Waals surface area contributed by atoms with Gasteiger partial charge in [0.25, 0.3) is 0 Å². The highest BCUT2D eigenvalue weighted by Gasteiger charge is 2.17. The van der Waals surface area contributed by atoms with E-state index >= 15 is 0 Å². The molecule has 2 aromatic rings. The lowest BCUT2D eigenvalue weighted by molar-refractivity contribution is -0.117. The van der Waals surface area contributed by atoms with E-state index in [0.717, 1.165) is 28.2 Å². The van der Waals surface area contributed by atoms with Gasteiger partial charge < -0.3 is 10.4 Å². The van der Waals surface area contributed by atoms with Gasteiger partial charge in [-0.2, -0.15) is 5.10 Å². The molecule has 0 saturated heterocycles. The molecule has 25 heavy (non-hydrogen) atoms. The summed E-state index contributed by atoms with van der Waals surface area (Å²) in [5, 5.41) is 17.7. The quantitative estimate of drug-likeness (QED) is 0.809. The van der Waals surface area contributed by atoms with Crippen LogP contribution in [-0.4, -0.2) is 45.3 Å². The van der Waals surface area contributed by atoms with Crippen molar-refractivity contribution in [2.75, 3.05) is 25.0 Å². The fourth-order valence-electron chi connectivity index (χ4n) is 2.78. The molecule has 6 nitrogen and oxygen atoms in total. The van der Waals surface area contributed by atoms with Crippen molar-refractivity contribution in [3.05, 3.63) is 46.8 Å². The van der Waals surface area contributed by atoms with Gasteiger partial charge in [-0.15, -0.1) is 0 Å². The average Bonchev–Trinajstić information content (AvgIpc) is 2.81. The second kappa shape index (κ2) is 8.27. The van der Waals surface area contributed by atoms with Crippen molar-refractivity contribution in [2.24, 2.45) is 7.05 Å². The van der Waals surface area contributed by atoms with Gasteiger partial charge in [0.1, 0.15) is 0 Å². The predicted molar refractivity (Wildman–Crippen MR) is 99.6 cm³/mol. The summed E-state index contributed by atoms with van der Waals surface area (Å²) in [6.45, 7) is 9.12. The number of anilines is 1. The Bertz CT molecular complexity index is 722. The van der Waals surface area contributed by atoms with E-state index in [4.69, 9.17) is 0 Å². The van der Waals surface area contributed by atoms with Crippen molar-refractivity contribution in [2.45, 2.75) is 33.8 Å². The van der Waals surface area contributed by atoms with E-state index in [9.17, 15) is 9.90 Å². The van der Waals surface area contributed by atoms with E-state index in [1.54, 1.807) is 4.68 Å². The lowest BCUT2D eigenvalue weighted by atomic mass is 10.1. The summed E-state index contributed by atoms with van der Waals surface area (Å²) < 4.78 is 1.75. The summed E-state index contributed by atoms with van der Waals surface area (Å²) in [5.74, 6) is -0.0999. The van der Waals surface area contributed by atoms with Crippen molar-refractivity contribution in [1.82, 2.24) is 14.7 Å². The van der Waals surface area contributed by atoms with Gasteiger partial charge in [-0.3, -0.25) is 14.4 Å². The number of hydrogen-bond acceptors (Lipinski definition) is 4. The van der Waals surface area contributed by atoms with Crippen LogP contribution >= 0.6 is 0 Å². The third-order valence-corrected chi connectivity index (χ3v) is 4.48. The molecule has 1 aromatic carbocycles. The minimum absolute atomic E-state index is 0.0999. The van der Waals surface area contributed by atoms with Gasteiger partial charge in [0.2, 0.25) is 5.91 Å². The third kappa shape index (κ3) is 4.90. The number of likely N-dealkylation sites (N-methyl/N-ethyl adjacent to an activating group) is 1. The number of aryl methyl sites for hydroxylation is 3. The maximum atomic E-state index is 12.4. The lowest BCUT2D eigenvalue weighted by Crippen LogP contribution is -2.36. The lowest BCUT2D eigenvalue weighted by Gasteiger charge is -2.23. The predicted octanol–water partition coefficient (Wildman–Crippen LogP) is 2.34. The van der Waals surface area contributed by atoms with Gasteiger partial charge in [-0.05, 0) is 32.9 Å². The molecule has 2 N–H and O–H groups in total. The summed E-state index contributed by atoms with van der Waals surface area (Å²) >= 11 is 0. The Morgan fingerprint density at radius 2 is 1.92 bits per heavy atom. The summed E-state index contributed by atoms with van der Waals surface area (Å²) in [4.78, 5) is 14.3. The Balaban J connectivity index is 1.96. The zero-order valence-corrected chi connectivity index (χ0v) is 15.7. The minimum atomic E-state index is -0.616. The standard InChI is InChI=1S/C19H28N4O2/c1-6-23(11-17(24)16-9-7-13(2)8-10-16)12-18(25)20-19-14(3)21-22(5)15(19)4/h7-10,17,24H,6,11-12H2,1-5H3,(H,20,25)/t17-/m0/s1. The molecular formula is C19H28N4O2. The molecule has 1 heterocycles. The second-order valence-electron chi connectivity index (χ2n) is 6.47. The number of carbonyl (C=O) groups is 1. The Hall–Kier alpha value is -2.18. The number of hydrogen-bond donors (Lipinski definition) is 2. The topological polar surface area (TPSA) is 70.4 Å². The van der Waals surface area contributed by atoms with Gasteiger partial charge in [-0.25, -0.2) is 0 Å². The van der Waals surface area contributed by atoms with Crippen LogP contribution in [0.4, 0.5) is 5.69 Å². The van der Waals surface area contributed by atoms with Gasteiger partial charge in [0, 0.05) is 13.6 Å². The fourth-order valence-corrected chi connectivity index (χ4v) is 2.78. The van der Waals surface area contributed by atoms with Crippen molar-refractivity contribution < 1.29 is 9.90 Å². The molecule has 0 aliphatic heterocycles. The minimum Gasteiger partial charge on any atom is -0.387 e. The van der Waals surface area contributed by atoms with Gasteiger partial charge in [0.05, 0.1) is 29.7 Å². The number of aliphatic hydroxyl groups excluding tert-OH is 1.